The van der Waals surface area contributed by atoms with Gasteiger partial charge in [0.2, 0.25) is 5.91 Å². The molecule has 122 valence electrons. The van der Waals surface area contributed by atoms with Crippen molar-refractivity contribution in [2.24, 2.45) is 5.92 Å². The summed E-state index contributed by atoms with van der Waals surface area (Å²) in [6.45, 7) is 8.76. The van der Waals surface area contributed by atoms with Crippen molar-refractivity contribution >= 4 is 5.91 Å². The van der Waals surface area contributed by atoms with Crippen LogP contribution >= 0.6 is 0 Å². The van der Waals surface area contributed by atoms with Gasteiger partial charge in [0.25, 0.3) is 0 Å². The van der Waals surface area contributed by atoms with E-state index in [9.17, 15) is 4.79 Å². The van der Waals surface area contributed by atoms with Gasteiger partial charge in [-0.1, -0.05) is 28.9 Å². The average molecular weight is 312 g/mol. The van der Waals surface area contributed by atoms with Crippen LogP contribution in [0.25, 0.3) is 11.3 Å². The third-order valence-corrected chi connectivity index (χ3v) is 4.37. The molecule has 4 heteroatoms. The van der Waals surface area contributed by atoms with Crippen LogP contribution in [-0.4, -0.2) is 22.0 Å². The van der Waals surface area contributed by atoms with E-state index in [2.05, 4.69) is 37.2 Å². The standard InChI is InChI=1S/C19H24N2O2/c1-12(2)21(19(22)15-6-7-15)11-16-10-18(23-20-16)17-8-5-13(3)9-14(17)4/h5,8-10,12,15H,6-7,11H2,1-4H3. The number of hydrogen-bond acceptors (Lipinski definition) is 3. The molecule has 1 aromatic carbocycles. The molecule has 2 aromatic rings. The minimum absolute atomic E-state index is 0.171. The Labute approximate surface area is 137 Å². The zero-order chi connectivity index (χ0) is 16.6. The van der Waals surface area contributed by atoms with Crippen LogP contribution in [0.4, 0.5) is 0 Å². The summed E-state index contributed by atoms with van der Waals surface area (Å²) in [5.41, 5.74) is 4.26. The average Bonchev–Trinajstić information content (AvgIpc) is 3.24. The fourth-order valence-corrected chi connectivity index (χ4v) is 2.86. The summed E-state index contributed by atoms with van der Waals surface area (Å²) in [6, 6.07) is 8.39. The first-order chi connectivity index (χ1) is 11.0. The molecule has 0 N–H and O–H groups in total. The molecule has 1 saturated carbocycles. The lowest BCUT2D eigenvalue weighted by Crippen LogP contribution is -2.37. The highest BCUT2D eigenvalue weighted by Crippen LogP contribution is 2.32. The lowest BCUT2D eigenvalue weighted by Gasteiger charge is -2.25. The van der Waals surface area contributed by atoms with E-state index < -0.39 is 0 Å². The Morgan fingerprint density at radius 2 is 2.04 bits per heavy atom. The fourth-order valence-electron chi connectivity index (χ4n) is 2.86. The molecular weight excluding hydrogens is 288 g/mol. The van der Waals surface area contributed by atoms with Gasteiger partial charge in [-0.2, -0.15) is 0 Å². The Balaban J connectivity index is 1.79. The van der Waals surface area contributed by atoms with Crippen molar-refractivity contribution < 1.29 is 9.32 Å². The van der Waals surface area contributed by atoms with E-state index in [1.807, 2.05) is 24.8 Å². The smallest absolute Gasteiger partial charge is 0.226 e. The van der Waals surface area contributed by atoms with Crippen LogP contribution in [0.1, 0.15) is 43.5 Å². The van der Waals surface area contributed by atoms with Crippen LogP contribution in [0, 0.1) is 19.8 Å². The zero-order valence-corrected chi connectivity index (χ0v) is 14.3. The molecule has 0 atom stereocenters. The Morgan fingerprint density at radius 1 is 1.30 bits per heavy atom. The largest absolute Gasteiger partial charge is 0.356 e. The lowest BCUT2D eigenvalue weighted by atomic mass is 10.0. The highest BCUT2D eigenvalue weighted by molar-refractivity contribution is 5.81. The van der Waals surface area contributed by atoms with Gasteiger partial charge in [0.15, 0.2) is 5.76 Å². The number of aromatic nitrogens is 1. The highest BCUT2D eigenvalue weighted by atomic mass is 16.5. The summed E-state index contributed by atoms with van der Waals surface area (Å²) in [5.74, 6) is 1.24. The maximum absolute atomic E-state index is 12.4. The van der Waals surface area contributed by atoms with Gasteiger partial charge in [-0.15, -0.1) is 0 Å². The summed E-state index contributed by atoms with van der Waals surface area (Å²) in [5, 5.41) is 4.17. The van der Waals surface area contributed by atoms with Gasteiger partial charge in [-0.25, -0.2) is 0 Å². The third kappa shape index (κ3) is 3.46. The number of hydrogen-bond donors (Lipinski definition) is 0. The van der Waals surface area contributed by atoms with Crippen molar-refractivity contribution in [2.45, 2.75) is 53.1 Å². The van der Waals surface area contributed by atoms with Gasteiger partial charge in [-0.3, -0.25) is 4.79 Å². The van der Waals surface area contributed by atoms with E-state index in [0.29, 0.717) is 6.54 Å². The van der Waals surface area contributed by atoms with Gasteiger partial charge < -0.3 is 9.42 Å². The van der Waals surface area contributed by atoms with Crippen LogP contribution in [0.15, 0.2) is 28.8 Å². The zero-order valence-electron chi connectivity index (χ0n) is 14.3. The SMILES string of the molecule is Cc1ccc(-c2cc(CN(C(=O)C3CC3)C(C)C)no2)c(C)c1. The van der Waals surface area contributed by atoms with E-state index in [4.69, 9.17) is 4.52 Å². The summed E-state index contributed by atoms with van der Waals surface area (Å²) in [4.78, 5) is 14.3. The summed E-state index contributed by atoms with van der Waals surface area (Å²) >= 11 is 0. The molecule has 1 aliphatic rings. The highest BCUT2D eigenvalue weighted by Gasteiger charge is 2.34. The van der Waals surface area contributed by atoms with Crippen LogP contribution < -0.4 is 0 Å². The molecule has 0 spiro atoms. The molecule has 0 saturated heterocycles. The number of amides is 1. The van der Waals surface area contributed by atoms with Crippen molar-refractivity contribution in [3.05, 3.63) is 41.1 Å². The van der Waals surface area contributed by atoms with Crippen LogP contribution in [0.5, 0.6) is 0 Å². The molecule has 1 fully saturated rings. The van der Waals surface area contributed by atoms with Crippen LogP contribution in [-0.2, 0) is 11.3 Å². The number of carbonyl (C=O) groups excluding carboxylic acids is 1. The Morgan fingerprint density at radius 3 is 2.65 bits per heavy atom. The summed E-state index contributed by atoms with van der Waals surface area (Å²) in [7, 11) is 0. The molecule has 4 nitrogen and oxygen atoms in total. The maximum Gasteiger partial charge on any atom is 0.226 e. The second kappa shape index (κ2) is 6.19. The molecule has 0 unspecified atom stereocenters. The molecule has 0 aliphatic heterocycles. The quantitative estimate of drug-likeness (QED) is 0.835. The molecule has 1 aromatic heterocycles. The van der Waals surface area contributed by atoms with Crippen LogP contribution in [0.3, 0.4) is 0 Å². The normalized spacial score (nSPS) is 14.3. The molecule has 1 amide bonds. The van der Waals surface area contributed by atoms with Crippen LogP contribution in [0.2, 0.25) is 0 Å². The molecule has 1 heterocycles. The molecule has 1 aliphatic carbocycles. The summed E-state index contributed by atoms with van der Waals surface area (Å²) < 4.78 is 5.52. The number of nitrogens with zero attached hydrogens (tertiary/aromatic N) is 2. The van der Waals surface area contributed by atoms with E-state index in [1.165, 1.54) is 11.1 Å². The van der Waals surface area contributed by atoms with Crippen molar-refractivity contribution in [2.75, 3.05) is 0 Å². The van der Waals surface area contributed by atoms with Gasteiger partial charge >= 0.3 is 0 Å². The number of benzene rings is 1. The first-order valence-electron chi connectivity index (χ1n) is 8.29. The molecule has 3 rings (SSSR count). The fraction of sp³-hybridized carbons (Fsp3) is 0.474. The predicted molar refractivity (Wildman–Crippen MR) is 89.8 cm³/mol. The Hall–Kier alpha value is -2.10. The van der Waals surface area contributed by atoms with Gasteiger partial charge in [0, 0.05) is 23.6 Å². The minimum atomic E-state index is 0.171. The van der Waals surface area contributed by atoms with Gasteiger partial charge in [0.05, 0.1) is 6.54 Å². The molecule has 23 heavy (non-hydrogen) atoms. The predicted octanol–water partition coefficient (Wildman–Crippen LogP) is 4.11. The van der Waals surface area contributed by atoms with E-state index in [-0.39, 0.29) is 17.9 Å². The molecule has 0 bridgehead atoms. The Kier molecular flexibility index (Phi) is 4.24. The number of carbonyl (C=O) groups is 1. The van der Waals surface area contributed by atoms with Crippen molar-refractivity contribution in [1.29, 1.82) is 0 Å². The summed E-state index contributed by atoms with van der Waals surface area (Å²) in [6.07, 6.45) is 2.04. The second-order valence-electron chi connectivity index (χ2n) is 6.84. The maximum atomic E-state index is 12.4. The van der Waals surface area contributed by atoms with Gasteiger partial charge in [-0.05, 0) is 46.1 Å². The second-order valence-corrected chi connectivity index (χ2v) is 6.84. The van der Waals surface area contributed by atoms with E-state index in [1.54, 1.807) is 0 Å². The Bertz CT molecular complexity index is 714. The van der Waals surface area contributed by atoms with Crippen molar-refractivity contribution in [1.82, 2.24) is 10.1 Å². The topological polar surface area (TPSA) is 46.3 Å². The lowest BCUT2D eigenvalue weighted by molar-refractivity contribution is -0.135. The molecular formula is C19H24N2O2. The molecule has 0 radical (unpaired) electrons. The van der Waals surface area contributed by atoms with Gasteiger partial charge in [0.1, 0.15) is 5.69 Å². The number of aryl methyl sites for hydroxylation is 2. The van der Waals surface area contributed by atoms with Crippen molar-refractivity contribution in [3.63, 3.8) is 0 Å². The van der Waals surface area contributed by atoms with E-state index in [0.717, 1.165) is 29.9 Å². The minimum Gasteiger partial charge on any atom is -0.356 e. The van der Waals surface area contributed by atoms with Crippen molar-refractivity contribution in [3.8, 4) is 11.3 Å². The third-order valence-electron chi connectivity index (χ3n) is 4.37. The number of rotatable bonds is 5. The first-order valence-corrected chi connectivity index (χ1v) is 8.29. The van der Waals surface area contributed by atoms with E-state index >= 15 is 0 Å². The monoisotopic (exact) mass is 312 g/mol. The first kappa shape index (κ1) is 15.8.